The van der Waals surface area contributed by atoms with Crippen molar-refractivity contribution in [2.45, 2.75) is 45.0 Å². The van der Waals surface area contributed by atoms with Gasteiger partial charge in [0.1, 0.15) is 5.82 Å². The van der Waals surface area contributed by atoms with Gasteiger partial charge in [-0.1, -0.05) is 13.0 Å². The molecule has 1 aliphatic rings. The molecule has 1 aromatic rings. The molecule has 1 saturated carbocycles. The highest BCUT2D eigenvalue weighted by Gasteiger charge is 2.27. The summed E-state index contributed by atoms with van der Waals surface area (Å²) in [7, 11) is -3.20. The van der Waals surface area contributed by atoms with Crippen molar-refractivity contribution in [2.24, 2.45) is 4.99 Å². The van der Waals surface area contributed by atoms with E-state index in [2.05, 4.69) is 27.4 Å². The lowest BCUT2D eigenvalue weighted by Gasteiger charge is -2.20. The van der Waals surface area contributed by atoms with E-state index in [1.807, 2.05) is 6.92 Å². The number of benzene rings is 1. The van der Waals surface area contributed by atoms with Gasteiger partial charge in [0.2, 0.25) is 0 Å². The molecule has 0 heterocycles. The Labute approximate surface area is 162 Å². The minimum Gasteiger partial charge on any atom is -0.357 e. The van der Waals surface area contributed by atoms with E-state index in [1.165, 1.54) is 37.3 Å². The molecule has 0 saturated heterocycles. The fourth-order valence-electron chi connectivity index (χ4n) is 3.03. The van der Waals surface area contributed by atoms with Crippen molar-refractivity contribution in [3.05, 3.63) is 35.1 Å². The van der Waals surface area contributed by atoms with Crippen LogP contribution in [0.15, 0.2) is 23.2 Å². The van der Waals surface area contributed by atoms with E-state index in [9.17, 15) is 12.8 Å². The summed E-state index contributed by atoms with van der Waals surface area (Å²) in [5.74, 6) is 0.145. The van der Waals surface area contributed by atoms with Crippen LogP contribution in [0.5, 0.6) is 0 Å². The Morgan fingerprint density at radius 2 is 2.00 bits per heavy atom. The maximum absolute atomic E-state index is 13.6. The van der Waals surface area contributed by atoms with Gasteiger partial charge >= 0.3 is 0 Å². The highest BCUT2D eigenvalue weighted by Crippen LogP contribution is 2.25. The summed E-state index contributed by atoms with van der Waals surface area (Å²) in [5, 5.41) is 6.49. The van der Waals surface area contributed by atoms with Crippen molar-refractivity contribution in [3.63, 3.8) is 0 Å². The van der Waals surface area contributed by atoms with Gasteiger partial charge in [0.05, 0.1) is 12.3 Å². The van der Waals surface area contributed by atoms with Crippen molar-refractivity contribution >= 4 is 15.8 Å². The van der Waals surface area contributed by atoms with Gasteiger partial charge in [-0.15, -0.1) is 0 Å². The SMILES string of the molecule is CCNC(=NCc1cc(F)ccc1CS(C)(=O)=O)NCCN(CC)C1CC1. The molecule has 1 fully saturated rings. The highest BCUT2D eigenvalue weighted by molar-refractivity contribution is 7.89. The van der Waals surface area contributed by atoms with Crippen LogP contribution in [0, 0.1) is 5.82 Å². The predicted octanol–water partition coefficient (Wildman–Crippen LogP) is 1.91. The van der Waals surface area contributed by atoms with Crippen LogP contribution in [0.3, 0.4) is 0 Å². The van der Waals surface area contributed by atoms with Crippen molar-refractivity contribution < 1.29 is 12.8 Å². The molecule has 0 amide bonds. The van der Waals surface area contributed by atoms with E-state index >= 15 is 0 Å². The molecule has 8 heteroatoms. The molecule has 6 nitrogen and oxygen atoms in total. The Morgan fingerprint density at radius 1 is 1.26 bits per heavy atom. The Kier molecular flexibility index (Phi) is 8.04. The number of hydrogen-bond donors (Lipinski definition) is 2. The minimum absolute atomic E-state index is 0.116. The third kappa shape index (κ3) is 7.84. The Hall–Kier alpha value is -1.67. The van der Waals surface area contributed by atoms with Gasteiger partial charge in [0.15, 0.2) is 15.8 Å². The summed E-state index contributed by atoms with van der Waals surface area (Å²) in [4.78, 5) is 6.96. The van der Waals surface area contributed by atoms with E-state index in [4.69, 9.17) is 0 Å². The molecule has 0 unspecified atom stereocenters. The third-order valence-electron chi connectivity index (χ3n) is 4.50. The van der Waals surface area contributed by atoms with Crippen LogP contribution in [0.1, 0.15) is 37.8 Å². The van der Waals surface area contributed by atoms with Gasteiger partial charge in [-0.2, -0.15) is 0 Å². The van der Waals surface area contributed by atoms with Crippen molar-refractivity contribution in [2.75, 3.05) is 32.4 Å². The number of likely N-dealkylation sites (N-methyl/N-ethyl adjacent to an activating group) is 1. The Balaban J connectivity index is 2.01. The topological polar surface area (TPSA) is 73.8 Å². The van der Waals surface area contributed by atoms with Crippen LogP contribution in [0.2, 0.25) is 0 Å². The standard InChI is InChI=1S/C19H31FN4O2S/c1-4-21-19(22-10-11-24(5-2)18-8-9-18)23-13-16-12-17(20)7-6-15(16)14-27(3,25)26/h6-7,12,18H,4-5,8-11,13-14H2,1-3H3,(H2,21,22,23). The number of aliphatic imine (C=N–C) groups is 1. The summed E-state index contributed by atoms with van der Waals surface area (Å²) < 4.78 is 36.9. The second kappa shape index (κ2) is 10.0. The number of nitrogens with one attached hydrogen (secondary N) is 2. The van der Waals surface area contributed by atoms with Crippen molar-refractivity contribution in [1.29, 1.82) is 0 Å². The number of sulfone groups is 1. The number of halogens is 1. The fourth-order valence-corrected chi connectivity index (χ4v) is 3.87. The molecule has 0 spiro atoms. The Morgan fingerprint density at radius 3 is 2.59 bits per heavy atom. The Bertz CT molecular complexity index is 748. The molecule has 0 atom stereocenters. The van der Waals surface area contributed by atoms with Gasteiger partial charge in [-0.05, 0) is 49.6 Å². The van der Waals surface area contributed by atoms with Crippen LogP contribution in [0.25, 0.3) is 0 Å². The molecule has 0 aromatic heterocycles. The molecule has 1 aliphatic carbocycles. The zero-order valence-corrected chi connectivity index (χ0v) is 17.3. The normalized spacial score (nSPS) is 15.2. The summed E-state index contributed by atoms with van der Waals surface area (Å²) >= 11 is 0. The quantitative estimate of drug-likeness (QED) is 0.465. The third-order valence-corrected chi connectivity index (χ3v) is 5.33. The molecular weight excluding hydrogens is 367 g/mol. The number of rotatable bonds is 10. The zero-order chi connectivity index (χ0) is 19.9. The molecule has 2 N–H and O–H groups in total. The molecule has 27 heavy (non-hydrogen) atoms. The maximum atomic E-state index is 13.6. The first-order valence-corrected chi connectivity index (χ1v) is 11.6. The highest BCUT2D eigenvalue weighted by atomic mass is 32.2. The average molecular weight is 399 g/mol. The van der Waals surface area contributed by atoms with Gasteiger partial charge in [0.25, 0.3) is 0 Å². The van der Waals surface area contributed by atoms with Crippen molar-refractivity contribution in [3.8, 4) is 0 Å². The maximum Gasteiger partial charge on any atom is 0.191 e. The van der Waals surface area contributed by atoms with E-state index in [-0.39, 0.29) is 12.3 Å². The van der Waals surface area contributed by atoms with E-state index < -0.39 is 15.7 Å². The summed E-state index contributed by atoms with van der Waals surface area (Å²) in [6.07, 6.45) is 3.74. The number of guanidine groups is 1. The minimum atomic E-state index is -3.20. The number of nitrogens with zero attached hydrogens (tertiary/aromatic N) is 2. The molecule has 0 aliphatic heterocycles. The largest absolute Gasteiger partial charge is 0.357 e. The first kappa shape index (κ1) is 21.6. The van der Waals surface area contributed by atoms with Gasteiger partial charge in [0, 0.05) is 31.9 Å². The molecule has 0 bridgehead atoms. The molecule has 0 radical (unpaired) electrons. The van der Waals surface area contributed by atoms with Crippen LogP contribution < -0.4 is 10.6 Å². The molecule has 152 valence electrons. The predicted molar refractivity (Wildman–Crippen MR) is 108 cm³/mol. The summed E-state index contributed by atoms with van der Waals surface area (Å²) in [6.45, 7) is 7.85. The molecule has 1 aromatic carbocycles. The second-order valence-electron chi connectivity index (χ2n) is 6.96. The first-order chi connectivity index (χ1) is 12.8. The zero-order valence-electron chi connectivity index (χ0n) is 16.5. The smallest absolute Gasteiger partial charge is 0.191 e. The summed E-state index contributed by atoms with van der Waals surface area (Å²) in [5.41, 5.74) is 1.18. The molecule has 2 rings (SSSR count). The lowest BCUT2D eigenvalue weighted by Crippen LogP contribution is -2.42. The van der Waals surface area contributed by atoms with Gasteiger partial charge in [-0.3, -0.25) is 4.90 Å². The lowest BCUT2D eigenvalue weighted by atomic mass is 10.1. The van der Waals surface area contributed by atoms with Crippen LogP contribution in [0.4, 0.5) is 4.39 Å². The van der Waals surface area contributed by atoms with Crippen LogP contribution in [-0.4, -0.2) is 57.8 Å². The lowest BCUT2D eigenvalue weighted by molar-refractivity contribution is 0.282. The molecular formula is C19H31FN4O2S. The average Bonchev–Trinajstić information content (AvgIpc) is 3.42. The monoisotopic (exact) mass is 398 g/mol. The van der Waals surface area contributed by atoms with Crippen LogP contribution >= 0.6 is 0 Å². The summed E-state index contributed by atoms with van der Waals surface area (Å²) in [6, 6.07) is 4.90. The second-order valence-corrected chi connectivity index (χ2v) is 9.11. The fraction of sp³-hybridized carbons (Fsp3) is 0.632. The van der Waals surface area contributed by atoms with Crippen LogP contribution in [-0.2, 0) is 22.1 Å². The van der Waals surface area contributed by atoms with Gasteiger partial charge < -0.3 is 10.6 Å². The van der Waals surface area contributed by atoms with E-state index in [0.29, 0.717) is 23.6 Å². The van der Waals surface area contributed by atoms with E-state index in [0.717, 1.165) is 25.7 Å². The van der Waals surface area contributed by atoms with Gasteiger partial charge in [-0.25, -0.2) is 17.8 Å². The number of hydrogen-bond acceptors (Lipinski definition) is 4. The van der Waals surface area contributed by atoms with E-state index in [1.54, 1.807) is 0 Å². The van der Waals surface area contributed by atoms with Crippen molar-refractivity contribution in [1.82, 2.24) is 15.5 Å². The first-order valence-electron chi connectivity index (χ1n) is 9.53.